The molecule has 0 heterocycles. The summed E-state index contributed by atoms with van der Waals surface area (Å²) in [5.41, 5.74) is 0.700. The molecule has 106 valence electrons. The first-order valence-corrected chi connectivity index (χ1v) is 8.38. The van der Waals surface area contributed by atoms with Gasteiger partial charge in [0.25, 0.3) is 0 Å². The van der Waals surface area contributed by atoms with Crippen LogP contribution in [0.3, 0.4) is 0 Å². The van der Waals surface area contributed by atoms with Crippen molar-refractivity contribution >= 4 is 24.8 Å². The molecule has 0 aliphatic rings. The summed E-state index contributed by atoms with van der Waals surface area (Å²) in [6.45, 7) is 1.52. The molecule has 0 aliphatic carbocycles. The highest BCUT2D eigenvalue weighted by Crippen LogP contribution is 2.43. The third kappa shape index (κ3) is 4.19. The first kappa shape index (κ1) is 14.8. The highest BCUT2D eigenvalue weighted by atomic mass is 35.5. The van der Waals surface area contributed by atoms with Gasteiger partial charge < -0.3 is 14.3 Å². The Balaban J connectivity index is 2.06. The summed E-state index contributed by atoms with van der Waals surface area (Å²) in [6.07, 6.45) is 0. The van der Waals surface area contributed by atoms with Gasteiger partial charge in [-0.1, -0.05) is 11.6 Å². The molecule has 4 nitrogen and oxygen atoms in total. The molecule has 1 N–H and O–H groups in total. The average Bonchev–Trinajstić information content (AvgIpc) is 2.41. The summed E-state index contributed by atoms with van der Waals surface area (Å²) < 4.78 is 22.9. The zero-order valence-electron chi connectivity index (χ0n) is 11.2. The van der Waals surface area contributed by atoms with E-state index >= 15 is 0 Å². The van der Waals surface area contributed by atoms with Crippen LogP contribution in [0.15, 0.2) is 48.5 Å². The molecule has 2 rings (SSSR count). The van der Waals surface area contributed by atoms with Crippen molar-refractivity contribution in [2.75, 3.05) is 18.9 Å². The van der Waals surface area contributed by atoms with Gasteiger partial charge in [0, 0.05) is 17.4 Å². The number of methoxy groups -OCH3 is 1. The van der Waals surface area contributed by atoms with E-state index in [9.17, 15) is 4.57 Å². The van der Waals surface area contributed by atoms with Gasteiger partial charge >= 0.3 is 7.52 Å². The van der Waals surface area contributed by atoms with Gasteiger partial charge in [-0.05, 0) is 48.5 Å². The molecule has 0 fully saturated rings. The lowest BCUT2D eigenvalue weighted by atomic mass is 10.3. The van der Waals surface area contributed by atoms with Gasteiger partial charge in [-0.25, -0.2) is 0 Å². The predicted molar refractivity (Wildman–Crippen MR) is 82.2 cm³/mol. The molecule has 0 saturated heterocycles. The average molecular weight is 312 g/mol. The molecule has 0 aliphatic heterocycles. The standard InChI is InChI=1S/C14H15ClNO3P/c1-18-13-9-5-12(6-10-13)16-20(2,17)19-14-7-3-11(15)4-8-14/h3-10H,1-2H3,(H,16,17)/t20-/m1/s1. The van der Waals surface area contributed by atoms with Crippen molar-refractivity contribution in [1.82, 2.24) is 0 Å². The van der Waals surface area contributed by atoms with E-state index in [2.05, 4.69) is 5.09 Å². The SMILES string of the molecule is COc1ccc(N[P@](C)(=O)Oc2ccc(Cl)cc2)cc1. The van der Waals surface area contributed by atoms with Crippen molar-refractivity contribution in [3.63, 3.8) is 0 Å². The molecule has 0 spiro atoms. The monoisotopic (exact) mass is 311 g/mol. The Labute approximate surface area is 123 Å². The number of halogens is 1. The summed E-state index contributed by atoms with van der Waals surface area (Å²) in [7, 11) is -1.41. The van der Waals surface area contributed by atoms with Gasteiger partial charge in [0.15, 0.2) is 0 Å². The second kappa shape index (κ2) is 6.21. The van der Waals surface area contributed by atoms with Gasteiger partial charge in [0.1, 0.15) is 11.5 Å². The second-order valence-corrected chi connectivity index (χ2v) is 6.77. The van der Waals surface area contributed by atoms with Crippen LogP contribution in [-0.2, 0) is 4.57 Å². The minimum Gasteiger partial charge on any atom is -0.497 e. The van der Waals surface area contributed by atoms with Crippen LogP contribution >= 0.6 is 19.1 Å². The third-order valence-electron chi connectivity index (χ3n) is 2.52. The van der Waals surface area contributed by atoms with Gasteiger partial charge in [0.2, 0.25) is 0 Å². The molecule has 0 bridgehead atoms. The van der Waals surface area contributed by atoms with Crippen molar-refractivity contribution in [2.24, 2.45) is 0 Å². The predicted octanol–water partition coefficient (Wildman–Crippen LogP) is 4.66. The zero-order valence-corrected chi connectivity index (χ0v) is 12.8. The molecular formula is C14H15ClNO3P. The normalized spacial score (nSPS) is 13.3. The number of anilines is 1. The Morgan fingerprint density at radius 2 is 1.55 bits per heavy atom. The number of ether oxygens (including phenoxy) is 1. The molecule has 6 heteroatoms. The number of nitrogens with one attached hydrogen (secondary N) is 1. The van der Waals surface area contributed by atoms with Crippen LogP contribution in [0, 0.1) is 0 Å². The molecule has 2 aromatic carbocycles. The quantitative estimate of drug-likeness (QED) is 0.816. The van der Waals surface area contributed by atoms with E-state index in [0.717, 1.165) is 5.75 Å². The van der Waals surface area contributed by atoms with Crippen LogP contribution < -0.4 is 14.3 Å². The van der Waals surface area contributed by atoms with Gasteiger partial charge in [-0.3, -0.25) is 4.57 Å². The number of benzene rings is 2. The van der Waals surface area contributed by atoms with Gasteiger partial charge in [0.05, 0.1) is 7.11 Å². The lowest BCUT2D eigenvalue weighted by Crippen LogP contribution is -2.02. The molecule has 1 atom stereocenters. The van der Waals surface area contributed by atoms with Crippen LogP contribution in [0.25, 0.3) is 0 Å². The number of hydrogen-bond donors (Lipinski definition) is 1. The maximum atomic E-state index is 12.4. The molecule has 0 amide bonds. The molecule has 0 radical (unpaired) electrons. The third-order valence-corrected chi connectivity index (χ3v) is 3.99. The maximum absolute atomic E-state index is 12.4. The molecular weight excluding hydrogens is 297 g/mol. The van der Waals surface area contributed by atoms with Crippen LogP contribution in [-0.4, -0.2) is 13.8 Å². The van der Waals surface area contributed by atoms with Crippen molar-refractivity contribution in [3.05, 3.63) is 53.6 Å². The van der Waals surface area contributed by atoms with Crippen molar-refractivity contribution < 1.29 is 13.8 Å². The summed E-state index contributed by atoms with van der Waals surface area (Å²) in [5.74, 6) is 1.24. The fourth-order valence-electron chi connectivity index (χ4n) is 1.62. The molecule has 0 saturated carbocycles. The van der Waals surface area contributed by atoms with E-state index in [-0.39, 0.29) is 0 Å². The number of rotatable bonds is 5. The summed E-state index contributed by atoms with van der Waals surface area (Å²) in [4.78, 5) is 0. The number of hydrogen-bond acceptors (Lipinski definition) is 3. The van der Waals surface area contributed by atoms with Gasteiger partial charge in [-0.15, -0.1) is 0 Å². The van der Waals surface area contributed by atoms with Crippen molar-refractivity contribution in [3.8, 4) is 11.5 Å². The van der Waals surface area contributed by atoms with E-state index in [1.807, 2.05) is 0 Å². The highest BCUT2D eigenvalue weighted by molar-refractivity contribution is 7.60. The minimum atomic E-state index is -3.01. The van der Waals surface area contributed by atoms with Crippen LogP contribution in [0.4, 0.5) is 5.69 Å². The summed E-state index contributed by atoms with van der Waals surface area (Å²) in [5, 5.41) is 3.48. The summed E-state index contributed by atoms with van der Waals surface area (Å²) >= 11 is 5.79. The van der Waals surface area contributed by atoms with Crippen LogP contribution in [0.2, 0.25) is 5.02 Å². The van der Waals surface area contributed by atoms with Crippen molar-refractivity contribution in [1.29, 1.82) is 0 Å². The van der Waals surface area contributed by atoms with E-state index < -0.39 is 7.52 Å². The molecule has 0 aromatic heterocycles. The van der Waals surface area contributed by atoms with Crippen molar-refractivity contribution in [2.45, 2.75) is 0 Å². The zero-order chi connectivity index (χ0) is 14.6. The fourth-order valence-corrected chi connectivity index (χ4v) is 2.93. The fraction of sp³-hybridized carbons (Fsp3) is 0.143. The Morgan fingerprint density at radius 3 is 2.10 bits per heavy atom. The van der Waals surface area contributed by atoms with E-state index in [1.54, 1.807) is 55.6 Å². The summed E-state index contributed by atoms with van der Waals surface area (Å²) in [6, 6.07) is 13.8. The van der Waals surface area contributed by atoms with E-state index in [0.29, 0.717) is 16.5 Å². The van der Waals surface area contributed by atoms with Gasteiger partial charge in [-0.2, -0.15) is 0 Å². The lowest BCUT2D eigenvalue weighted by Gasteiger charge is -2.17. The Hall–Kier alpha value is -1.64. The first-order valence-electron chi connectivity index (χ1n) is 5.93. The Bertz CT molecular complexity index is 613. The largest absolute Gasteiger partial charge is 0.497 e. The lowest BCUT2D eigenvalue weighted by molar-refractivity contribution is 0.415. The highest BCUT2D eigenvalue weighted by Gasteiger charge is 2.17. The molecule has 20 heavy (non-hydrogen) atoms. The molecule has 2 aromatic rings. The molecule has 0 unspecified atom stereocenters. The first-order chi connectivity index (χ1) is 9.48. The minimum absolute atomic E-state index is 0.501. The van der Waals surface area contributed by atoms with E-state index in [1.165, 1.54) is 6.66 Å². The van der Waals surface area contributed by atoms with E-state index in [4.69, 9.17) is 20.9 Å². The smallest absolute Gasteiger partial charge is 0.338 e. The van der Waals surface area contributed by atoms with Crippen LogP contribution in [0.5, 0.6) is 11.5 Å². The maximum Gasteiger partial charge on any atom is 0.338 e. The van der Waals surface area contributed by atoms with Crippen LogP contribution in [0.1, 0.15) is 0 Å². The Morgan fingerprint density at radius 1 is 1.00 bits per heavy atom. The topological polar surface area (TPSA) is 47.6 Å². The second-order valence-electron chi connectivity index (χ2n) is 4.23. The Kier molecular flexibility index (Phi) is 4.58.